The first kappa shape index (κ1) is 16.1. The van der Waals surface area contributed by atoms with Crippen LogP contribution < -0.4 is 0 Å². The molecular formula is C17H24N2O4. The van der Waals surface area contributed by atoms with Crippen molar-refractivity contribution in [3.63, 3.8) is 0 Å². The number of carboxylic acid groups (broad SMARTS) is 1. The highest BCUT2D eigenvalue weighted by molar-refractivity contribution is 5.87. The SMILES string of the molecule is COC(=O)c1cc(CN2C(C(=O)O)CC3CCCCC32)cn1C. The number of esters is 1. The van der Waals surface area contributed by atoms with Gasteiger partial charge in [-0.3, -0.25) is 9.69 Å². The van der Waals surface area contributed by atoms with Gasteiger partial charge in [0.25, 0.3) is 0 Å². The molecule has 0 spiro atoms. The molecule has 1 saturated carbocycles. The lowest BCUT2D eigenvalue weighted by Crippen LogP contribution is -2.41. The van der Waals surface area contributed by atoms with Gasteiger partial charge >= 0.3 is 11.9 Å². The Balaban J connectivity index is 1.82. The van der Waals surface area contributed by atoms with E-state index in [2.05, 4.69) is 4.90 Å². The Morgan fingerprint density at radius 3 is 2.78 bits per heavy atom. The van der Waals surface area contributed by atoms with E-state index in [1.54, 1.807) is 17.7 Å². The van der Waals surface area contributed by atoms with E-state index in [-0.39, 0.29) is 5.97 Å². The zero-order chi connectivity index (χ0) is 16.6. The van der Waals surface area contributed by atoms with Crippen molar-refractivity contribution in [2.45, 2.75) is 50.7 Å². The van der Waals surface area contributed by atoms with E-state index in [1.807, 2.05) is 6.20 Å². The van der Waals surface area contributed by atoms with Crippen LogP contribution >= 0.6 is 0 Å². The summed E-state index contributed by atoms with van der Waals surface area (Å²) in [6.45, 7) is 0.572. The highest BCUT2D eigenvalue weighted by Gasteiger charge is 2.45. The number of hydrogen-bond donors (Lipinski definition) is 1. The topological polar surface area (TPSA) is 71.8 Å². The maximum absolute atomic E-state index is 11.7. The summed E-state index contributed by atoms with van der Waals surface area (Å²) in [6, 6.07) is 1.75. The highest BCUT2D eigenvalue weighted by atomic mass is 16.5. The fourth-order valence-electron chi connectivity index (χ4n) is 4.26. The number of aryl methyl sites for hydroxylation is 1. The molecule has 1 N–H and O–H groups in total. The van der Waals surface area contributed by atoms with Crippen LogP contribution in [0.25, 0.3) is 0 Å². The van der Waals surface area contributed by atoms with Crippen molar-refractivity contribution in [3.05, 3.63) is 23.5 Å². The van der Waals surface area contributed by atoms with Crippen molar-refractivity contribution in [2.75, 3.05) is 7.11 Å². The van der Waals surface area contributed by atoms with Crippen LogP contribution in [0, 0.1) is 5.92 Å². The third-order valence-electron chi connectivity index (χ3n) is 5.33. The van der Waals surface area contributed by atoms with E-state index < -0.39 is 12.0 Å². The zero-order valence-corrected chi connectivity index (χ0v) is 13.7. The van der Waals surface area contributed by atoms with Gasteiger partial charge < -0.3 is 14.4 Å². The Morgan fingerprint density at radius 1 is 1.35 bits per heavy atom. The fraction of sp³-hybridized carbons (Fsp3) is 0.647. The highest BCUT2D eigenvalue weighted by Crippen LogP contribution is 2.40. The molecule has 1 aliphatic heterocycles. The number of aromatic nitrogens is 1. The van der Waals surface area contributed by atoms with Crippen LogP contribution in [0.4, 0.5) is 0 Å². The molecule has 0 amide bonds. The standard InChI is InChI=1S/C17H24N2O4/c1-18-9-11(7-15(18)17(22)23-2)10-19-13-6-4-3-5-12(13)8-14(19)16(20)21/h7,9,12-14H,3-6,8,10H2,1-2H3,(H,20,21). The Morgan fingerprint density at radius 2 is 2.09 bits per heavy atom. The summed E-state index contributed by atoms with van der Waals surface area (Å²) in [7, 11) is 3.17. The molecule has 6 heteroatoms. The summed E-state index contributed by atoms with van der Waals surface area (Å²) in [4.78, 5) is 25.5. The molecule has 3 atom stereocenters. The van der Waals surface area contributed by atoms with Gasteiger partial charge in [0.15, 0.2) is 0 Å². The molecule has 2 aliphatic rings. The average molecular weight is 320 g/mol. The van der Waals surface area contributed by atoms with E-state index in [1.165, 1.54) is 20.0 Å². The predicted molar refractivity (Wildman–Crippen MR) is 84.1 cm³/mol. The second-order valence-corrected chi connectivity index (χ2v) is 6.71. The largest absolute Gasteiger partial charge is 0.480 e. The summed E-state index contributed by atoms with van der Waals surface area (Å²) in [5.41, 5.74) is 1.46. The number of rotatable bonds is 4. The van der Waals surface area contributed by atoms with E-state index >= 15 is 0 Å². The van der Waals surface area contributed by atoms with Crippen molar-refractivity contribution < 1.29 is 19.4 Å². The molecule has 2 fully saturated rings. The van der Waals surface area contributed by atoms with Crippen molar-refractivity contribution in [1.82, 2.24) is 9.47 Å². The molecule has 6 nitrogen and oxygen atoms in total. The third-order valence-corrected chi connectivity index (χ3v) is 5.33. The number of ether oxygens (including phenoxy) is 1. The number of carbonyl (C=O) groups is 2. The normalized spacial score (nSPS) is 27.7. The van der Waals surface area contributed by atoms with Gasteiger partial charge in [0, 0.05) is 25.8 Å². The zero-order valence-electron chi connectivity index (χ0n) is 13.7. The molecule has 23 heavy (non-hydrogen) atoms. The quantitative estimate of drug-likeness (QED) is 0.860. The van der Waals surface area contributed by atoms with Crippen LogP contribution in [0.15, 0.2) is 12.3 Å². The average Bonchev–Trinajstić information content (AvgIpc) is 3.08. The Labute approximate surface area is 136 Å². The number of likely N-dealkylation sites (tertiary alicyclic amines) is 1. The lowest BCUT2D eigenvalue weighted by atomic mass is 9.84. The molecule has 126 valence electrons. The van der Waals surface area contributed by atoms with Crippen LogP contribution in [0.5, 0.6) is 0 Å². The van der Waals surface area contributed by atoms with Gasteiger partial charge in [-0.1, -0.05) is 12.8 Å². The molecule has 1 saturated heterocycles. The molecule has 3 unspecified atom stereocenters. The molecular weight excluding hydrogens is 296 g/mol. The van der Waals surface area contributed by atoms with Gasteiger partial charge in [-0.2, -0.15) is 0 Å². The van der Waals surface area contributed by atoms with Gasteiger partial charge in [-0.15, -0.1) is 0 Å². The number of nitrogens with zero attached hydrogens (tertiary/aromatic N) is 2. The summed E-state index contributed by atoms with van der Waals surface area (Å²) in [5, 5.41) is 9.57. The molecule has 1 aromatic rings. The molecule has 1 aliphatic carbocycles. The molecule has 0 bridgehead atoms. The van der Waals surface area contributed by atoms with Crippen molar-refractivity contribution >= 4 is 11.9 Å². The molecule has 0 aromatic carbocycles. The van der Waals surface area contributed by atoms with Gasteiger partial charge in [-0.05, 0) is 36.8 Å². The van der Waals surface area contributed by atoms with Crippen LogP contribution in [0.1, 0.15) is 48.2 Å². The van der Waals surface area contributed by atoms with E-state index in [0.29, 0.717) is 24.2 Å². The van der Waals surface area contributed by atoms with Gasteiger partial charge in [-0.25, -0.2) is 4.79 Å². The van der Waals surface area contributed by atoms with E-state index in [4.69, 9.17) is 4.74 Å². The number of aliphatic carboxylic acids is 1. The summed E-state index contributed by atoms with van der Waals surface area (Å²) in [5.74, 6) is -0.609. The number of carboxylic acids is 1. The second kappa shape index (κ2) is 6.35. The van der Waals surface area contributed by atoms with Crippen LogP contribution in [0.2, 0.25) is 0 Å². The lowest BCUT2D eigenvalue weighted by Gasteiger charge is -2.32. The number of carbonyl (C=O) groups excluding carboxylic acids is 1. The van der Waals surface area contributed by atoms with Gasteiger partial charge in [0.2, 0.25) is 0 Å². The van der Waals surface area contributed by atoms with Crippen molar-refractivity contribution in [3.8, 4) is 0 Å². The van der Waals surface area contributed by atoms with Crippen LogP contribution in [0.3, 0.4) is 0 Å². The third kappa shape index (κ3) is 3.00. The fourth-order valence-corrected chi connectivity index (χ4v) is 4.26. The molecule has 0 radical (unpaired) electrons. The Kier molecular flexibility index (Phi) is 4.43. The maximum Gasteiger partial charge on any atom is 0.354 e. The van der Waals surface area contributed by atoms with Crippen molar-refractivity contribution in [2.24, 2.45) is 13.0 Å². The number of fused-ring (bicyclic) bond motifs is 1. The summed E-state index contributed by atoms with van der Waals surface area (Å²) in [6.07, 6.45) is 7.22. The first-order valence-corrected chi connectivity index (χ1v) is 8.23. The van der Waals surface area contributed by atoms with Crippen LogP contribution in [-0.2, 0) is 23.1 Å². The first-order chi connectivity index (χ1) is 11.0. The second-order valence-electron chi connectivity index (χ2n) is 6.71. The van der Waals surface area contributed by atoms with E-state index in [9.17, 15) is 14.7 Å². The first-order valence-electron chi connectivity index (χ1n) is 8.23. The smallest absolute Gasteiger partial charge is 0.354 e. The minimum absolute atomic E-state index is 0.353. The summed E-state index contributed by atoms with van der Waals surface area (Å²) < 4.78 is 6.52. The summed E-state index contributed by atoms with van der Waals surface area (Å²) >= 11 is 0. The van der Waals surface area contributed by atoms with Crippen LogP contribution in [-0.4, -0.2) is 45.7 Å². The van der Waals surface area contributed by atoms with Gasteiger partial charge in [0.1, 0.15) is 11.7 Å². The lowest BCUT2D eigenvalue weighted by molar-refractivity contribution is -0.142. The number of methoxy groups -OCH3 is 1. The minimum atomic E-state index is -0.733. The monoisotopic (exact) mass is 320 g/mol. The number of hydrogen-bond acceptors (Lipinski definition) is 4. The molecule has 1 aromatic heterocycles. The Bertz CT molecular complexity index is 610. The van der Waals surface area contributed by atoms with E-state index in [0.717, 1.165) is 24.8 Å². The van der Waals surface area contributed by atoms with Gasteiger partial charge in [0.05, 0.1) is 7.11 Å². The molecule has 3 rings (SSSR count). The minimum Gasteiger partial charge on any atom is -0.480 e. The predicted octanol–water partition coefficient (Wildman–Crippen LogP) is 2.03. The Hall–Kier alpha value is -1.82. The van der Waals surface area contributed by atoms with Crippen molar-refractivity contribution in [1.29, 1.82) is 0 Å². The molecule has 2 heterocycles. The maximum atomic E-state index is 11.7.